The molecule has 0 aliphatic carbocycles. The van der Waals surface area contributed by atoms with Crippen molar-refractivity contribution in [1.82, 2.24) is 5.32 Å². The quantitative estimate of drug-likeness (QED) is 0.561. The number of carboxylic acids is 1. The lowest BCUT2D eigenvalue weighted by Crippen LogP contribution is -2.54. The van der Waals surface area contributed by atoms with Crippen molar-refractivity contribution in [2.24, 2.45) is 5.73 Å². The van der Waals surface area contributed by atoms with Crippen LogP contribution in [0, 0.1) is 0 Å². The second kappa shape index (κ2) is 7.39. The molecule has 7 nitrogen and oxygen atoms in total. The van der Waals surface area contributed by atoms with E-state index in [2.05, 4.69) is 5.32 Å². The molecule has 1 aliphatic heterocycles. The monoisotopic (exact) mass is 306 g/mol. The lowest BCUT2D eigenvalue weighted by Gasteiger charge is -2.31. The van der Waals surface area contributed by atoms with Gasteiger partial charge in [0.1, 0.15) is 6.04 Å². The molecule has 118 valence electrons. The molecule has 0 radical (unpaired) electrons. The Kier molecular flexibility index (Phi) is 5.54. The van der Waals surface area contributed by atoms with Crippen LogP contribution in [0.1, 0.15) is 30.9 Å². The maximum atomic E-state index is 12.1. The smallest absolute Gasteiger partial charge is 0.478 e. The highest BCUT2D eigenvalue weighted by molar-refractivity contribution is 6.45. The van der Waals surface area contributed by atoms with Crippen LogP contribution in [0.25, 0.3) is 0 Å². The first kappa shape index (κ1) is 16.5. The number of hydrogen-bond acceptors (Lipinski definition) is 5. The summed E-state index contributed by atoms with van der Waals surface area (Å²) < 4.78 is 5.22. The van der Waals surface area contributed by atoms with Crippen molar-refractivity contribution in [3.63, 3.8) is 0 Å². The summed E-state index contributed by atoms with van der Waals surface area (Å²) in [5.41, 5.74) is 6.56. The minimum atomic E-state index is -1.23. The van der Waals surface area contributed by atoms with Crippen LogP contribution in [0.5, 0.6) is 0 Å². The number of aliphatic carboxylic acids is 1. The number of benzene rings is 1. The fourth-order valence-corrected chi connectivity index (χ4v) is 2.44. The van der Waals surface area contributed by atoms with E-state index in [-0.39, 0.29) is 6.42 Å². The maximum Gasteiger partial charge on any atom is 0.478 e. The summed E-state index contributed by atoms with van der Waals surface area (Å²) in [5, 5.41) is 21.3. The molecule has 1 aliphatic rings. The summed E-state index contributed by atoms with van der Waals surface area (Å²) in [6.45, 7) is 0. The Morgan fingerprint density at radius 3 is 2.64 bits per heavy atom. The number of nitrogens with one attached hydrogen (secondary N) is 1. The van der Waals surface area contributed by atoms with E-state index in [1.165, 1.54) is 0 Å². The Balaban J connectivity index is 1.88. The Morgan fingerprint density at radius 1 is 1.36 bits per heavy atom. The molecule has 0 aromatic heterocycles. The van der Waals surface area contributed by atoms with Crippen molar-refractivity contribution in [2.45, 2.75) is 37.3 Å². The zero-order chi connectivity index (χ0) is 16.1. The third-order valence-electron chi connectivity index (χ3n) is 3.65. The molecule has 0 unspecified atom stereocenters. The van der Waals surface area contributed by atoms with E-state index in [1.54, 1.807) is 24.3 Å². The summed E-state index contributed by atoms with van der Waals surface area (Å²) >= 11 is 0. The van der Waals surface area contributed by atoms with Crippen LogP contribution in [0.15, 0.2) is 30.3 Å². The Morgan fingerprint density at radius 2 is 2.05 bits per heavy atom. The lowest BCUT2D eigenvalue weighted by atomic mass is 9.72. The SMILES string of the molecule is N[C@@H](C(=O)N[C@H]1CC[C@@H](CC(=O)O)OB1O)c1ccccc1. The summed E-state index contributed by atoms with van der Waals surface area (Å²) in [6, 6.07) is 8.08. The molecule has 0 bridgehead atoms. The average Bonchev–Trinajstić information content (AvgIpc) is 2.49. The molecular weight excluding hydrogens is 287 g/mol. The number of carbonyl (C=O) groups excluding carboxylic acids is 1. The van der Waals surface area contributed by atoms with Crippen LogP contribution in [-0.2, 0) is 14.2 Å². The van der Waals surface area contributed by atoms with E-state index in [9.17, 15) is 14.6 Å². The van der Waals surface area contributed by atoms with Crippen LogP contribution in [0.4, 0.5) is 0 Å². The number of nitrogens with two attached hydrogens (primary N) is 1. The summed E-state index contributed by atoms with van der Waals surface area (Å²) in [7, 11) is -1.23. The number of rotatable bonds is 5. The molecule has 1 saturated heterocycles. The minimum Gasteiger partial charge on any atom is -0.481 e. The van der Waals surface area contributed by atoms with Gasteiger partial charge >= 0.3 is 13.1 Å². The molecule has 1 heterocycles. The molecule has 3 atom stereocenters. The van der Waals surface area contributed by atoms with Gasteiger partial charge in [-0.25, -0.2) is 0 Å². The van der Waals surface area contributed by atoms with Crippen LogP contribution < -0.4 is 11.1 Å². The maximum absolute atomic E-state index is 12.1. The van der Waals surface area contributed by atoms with E-state index < -0.39 is 37.1 Å². The lowest BCUT2D eigenvalue weighted by molar-refractivity contribution is -0.139. The normalized spacial score (nSPS) is 22.9. The van der Waals surface area contributed by atoms with E-state index in [0.717, 1.165) is 0 Å². The van der Waals surface area contributed by atoms with Gasteiger partial charge in [-0.3, -0.25) is 9.59 Å². The highest BCUT2D eigenvalue weighted by Gasteiger charge is 2.37. The first-order valence-corrected chi connectivity index (χ1v) is 7.13. The fraction of sp³-hybridized carbons (Fsp3) is 0.429. The average molecular weight is 306 g/mol. The van der Waals surface area contributed by atoms with Gasteiger partial charge in [0.2, 0.25) is 5.91 Å². The van der Waals surface area contributed by atoms with Crippen LogP contribution in [-0.4, -0.2) is 41.2 Å². The molecule has 1 aromatic carbocycles. The van der Waals surface area contributed by atoms with Crippen molar-refractivity contribution >= 4 is 19.0 Å². The largest absolute Gasteiger partial charge is 0.481 e. The molecule has 8 heteroatoms. The Hall–Kier alpha value is -1.90. The fourth-order valence-electron chi connectivity index (χ4n) is 2.44. The zero-order valence-corrected chi connectivity index (χ0v) is 12.0. The van der Waals surface area contributed by atoms with Gasteiger partial charge in [-0.05, 0) is 18.4 Å². The summed E-state index contributed by atoms with van der Waals surface area (Å²) in [6.07, 6.45) is 0.186. The highest BCUT2D eigenvalue weighted by atomic mass is 16.5. The van der Waals surface area contributed by atoms with Crippen LogP contribution in [0.3, 0.4) is 0 Å². The second-order valence-electron chi connectivity index (χ2n) is 5.33. The predicted octanol–water partition coefficient (Wildman–Crippen LogP) is -0.155. The van der Waals surface area contributed by atoms with Gasteiger partial charge < -0.3 is 25.8 Å². The van der Waals surface area contributed by atoms with Crippen molar-refractivity contribution in [2.75, 3.05) is 0 Å². The number of carboxylic acid groups (broad SMARTS) is 1. The molecule has 22 heavy (non-hydrogen) atoms. The topological polar surface area (TPSA) is 122 Å². The van der Waals surface area contributed by atoms with E-state index >= 15 is 0 Å². The number of amides is 1. The Bertz CT molecular complexity index is 527. The van der Waals surface area contributed by atoms with Gasteiger partial charge in [0.15, 0.2) is 0 Å². The molecule has 1 aromatic rings. The summed E-state index contributed by atoms with van der Waals surface area (Å²) in [4.78, 5) is 22.8. The van der Waals surface area contributed by atoms with E-state index in [4.69, 9.17) is 15.5 Å². The van der Waals surface area contributed by atoms with Gasteiger partial charge in [0, 0.05) is 0 Å². The molecule has 2 rings (SSSR count). The van der Waals surface area contributed by atoms with Gasteiger partial charge in [-0.15, -0.1) is 0 Å². The van der Waals surface area contributed by atoms with Crippen molar-refractivity contribution in [3.8, 4) is 0 Å². The molecule has 1 amide bonds. The van der Waals surface area contributed by atoms with Gasteiger partial charge in [0.05, 0.1) is 18.5 Å². The molecule has 5 N–H and O–H groups in total. The zero-order valence-electron chi connectivity index (χ0n) is 12.0. The van der Waals surface area contributed by atoms with Crippen LogP contribution in [0.2, 0.25) is 0 Å². The van der Waals surface area contributed by atoms with E-state index in [0.29, 0.717) is 18.4 Å². The molecular formula is C14H19BN2O5. The van der Waals surface area contributed by atoms with E-state index in [1.807, 2.05) is 6.07 Å². The standard InChI is InChI=1S/C14H19BN2O5/c16-13(9-4-2-1-3-5-9)14(20)17-11-7-6-10(8-12(18)19)22-15(11)21/h1-5,10-11,13,21H,6-8,16H2,(H,17,20)(H,18,19)/t10-,11-,13+/m0/s1. The predicted molar refractivity (Wildman–Crippen MR) is 79.6 cm³/mol. The number of carbonyl (C=O) groups is 2. The van der Waals surface area contributed by atoms with Gasteiger partial charge in [-0.2, -0.15) is 0 Å². The Labute approximate surface area is 128 Å². The minimum absolute atomic E-state index is 0.165. The second-order valence-corrected chi connectivity index (χ2v) is 5.33. The first-order chi connectivity index (χ1) is 10.5. The third kappa shape index (κ3) is 4.30. The molecule has 0 spiro atoms. The van der Waals surface area contributed by atoms with Crippen LogP contribution >= 0.6 is 0 Å². The summed E-state index contributed by atoms with van der Waals surface area (Å²) in [5.74, 6) is -1.98. The third-order valence-corrected chi connectivity index (χ3v) is 3.65. The molecule has 1 fully saturated rings. The van der Waals surface area contributed by atoms with Crippen molar-refractivity contribution in [1.29, 1.82) is 0 Å². The van der Waals surface area contributed by atoms with Crippen molar-refractivity contribution in [3.05, 3.63) is 35.9 Å². The van der Waals surface area contributed by atoms with Gasteiger partial charge in [0.25, 0.3) is 0 Å². The van der Waals surface area contributed by atoms with Gasteiger partial charge in [-0.1, -0.05) is 30.3 Å². The molecule has 0 saturated carbocycles. The first-order valence-electron chi connectivity index (χ1n) is 7.13. The highest BCUT2D eigenvalue weighted by Crippen LogP contribution is 2.19. The number of hydrogen-bond donors (Lipinski definition) is 4. The van der Waals surface area contributed by atoms with Crippen molar-refractivity contribution < 1.29 is 24.4 Å².